The van der Waals surface area contributed by atoms with Gasteiger partial charge in [0, 0.05) is 22.6 Å². The Morgan fingerprint density at radius 2 is 1.73 bits per heavy atom. The Bertz CT molecular complexity index is 1180. The molecule has 2 atom stereocenters. The number of hydrogen-bond donors (Lipinski definition) is 0. The van der Waals surface area contributed by atoms with Crippen LogP contribution in [0.3, 0.4) is 0 Å². The summed E-state index contributed by atoms with van der Waals surface area (Å²) in [5.74, 6) is 2.32. The average Bonchev–Trinajstić information content (AvgIpc) is 3.40. The van der Waals surface area contributed by atoms with Gasteiger partial charge in [0.25, 0.3) is 0 Å². The molecule has 0 aromatic heterocycles. The maximum Gasteiger partial charge on any atom is 0.231 e. The fraction of sp³-hybridized carbons (Fsp3) is 0.208. The van der Waals surface area contributed by atoms with Crippen LogP contribution in [0.5, 0.6) is 17.2 Å². The molecule has 3 heterocycles. The van der Waals surface area contributed by atoms with Crippen LogP contribution in [-0.2, 0) is 0 Å². The van der Waals surface area contributed by atoms with Gasteiger partial charge in [0.1, 0.15) is 5.75 Å². The first kappa shape index (κ1) is 17.7. The van der Waals surface area contributed by atoms with Crippen LogP contribution in [0.2, 0.25) is 5.02 Å². The molecule has 0 amide bonds. The number of fused-ring (bicyclic) bond motifs is 4. The van der Waals surface area contributed by atoms with Crippen molar-refractivity contribution >= 4 is 17.3 Å². The quantitative estimate of drug-likeness (QED) is 0.541. The molecule has 0 bridgehead atoms. The Hall–Kier alpha value is -3.18. The monoisotopic (exact) mass is 418 g/mol. The second-order valence-corrected chi connectivity index (χ2v) is 8.21. The van der Waals surface area contributed by atoms with E-state index in [1.165, 1.54) is 5.56 Å². The van der Waals surface area contributed by atoms with Crippen molar-refractivity contribution in [2.45, 2.75) is 25.6 Å². The topological polar surface area (TPSA) is 43.3 Å². The lowest BCUT2D eigenvalue weighted by atomic mass is 9.95. The third-order valence-electron chi connectivity index (χ3n) is 5.82. The number of aryl methyl sites for hydroxylation is 1. The van der Waals surface area contributed by atoms with Gasteiger partial charge in [-0.2, -0.15) is 5.10 Å². The largest absolute Gasteiger partial charge is 0.464 e. The maximum atomic E-state index is 6.41. The zero-order valence-corrected chi connectivity index (χ0v) is 17.1. The Labute approximate surface area is 179 Å². The van der Waals surface area contributed by atoms with E-state index in [1.807, 2.05) is 41.4 Å². The minimum atomic E-state index is -0.360. The molecule has 30 heavy (non-hydrogen) atoms. The zero-order chi connectivity index (χ0) is 20.2. The normalized spacial score (nSPS) is 21.0. The van der Waals surface area contributed by atoms with E-state index in [4.69, 9.17) is 30.9 Å². The molecule has 0 spiro atoms. The minimum Gasteiger partial charge on any atom is -0.464 e. The summed E-state index contributed by atoms with van der Waals surface area (Å²) >= 11 is 6.31. The van der Waals surface area contributed by atoms with Crippen molar-refractivity contribution in [1.82, 2.24) is 5.01 Å². The van der Waals surface area contributed by atoms with Crippen molar-refractivity contribution < 1.29 is 14.2 Å². The summed E-state index contributed by atoms with van der Waals surface area (Å²) in [4.78, 5) is 0. The molecule has 0 saturated carbocycles. The minimum absolute atomic E-state index is 0.0548. The third-order valence-corrected chi connectivity index (χ3v) is 6.05. The fourth-order valence-corrected chi connectivity index (χ4v) is 4.45. The first-order valence-electron chi connectivity index (χ1n) is 9.94. The van der Waals surface area contributed by atoms with E-state index in [1.54, 1.807) is 0 Å². The van der Waals surface area contributed by atoms with Crippen LogP contribution in [0.15, 0.2) is 65.8 Å². The van der Waals surface area contributed by atoms with Gasteiger partial charge in [0.05, 0.1) is 11.8 Å². The number of ether oxygens (including phenoxy) is 3. The zero-order valence-electron chi connectivity index (χ0n) is 16.3. The lowest BCUT2D eigenvalue weighted by Crippen LogP contribution is -2.33. The van der Waals surface area contributed by atoms with E-state index in [9.17, 15) is 0 Å². The molecule has 6 rings (SSSR count). The van der Waals surface area contributed by atoms with E-state index in [0.29, 0.717) is 5.02 Å². The van der Waals surface area contributed by atoms with E-state index in [-0.39, 0.29) is 19.1 Å². The summed E-state index contributed by atoms with van der Waals surface area (Å²) in [7, 11) is 0. The standard InChI is InChI=1S/C24H19ClN2O3/c1-14-2-4-15(5-3-14)19-12-20-18-11-17(25)7-9-21(18)30-24(27(20)26-19)16-6-8-22-23(10-16)29-13-28-22/h2-11,20,24H,12-13H2,1H3/t20-,24+/m0/s1. The molecule has 3 aromatic carbocycles. The smallest absolute Gasteiger partial charge is 0.231 e. The first-order valence-corrected chi connectivity index (χ1v) is 10.3. The summed E-state index contributed by atoms with van der Waals surface area (Å²) in [5.41, 5.74) is 5.43. The predicted molar refractivity (Wildman–Crippen MR) is 114 cm³/mol. The molecular formula is C24H19ClN2O3. The van der Waals surface area contributed by atoms with Gasteiger partial charge in [0.15, 0.2) is 11.5 Å². The molecule has 0 radical (unpaired) electrons. The number of hydrazone groups is 1. The van der Waals surface area contributed by atoms with Crippen LogP contribution < -0.4 is 14.2 Å². The lowest BCUT2D eigenvalue weighted by molar-refractivity contribution is -0.0191. The SMILES string of the molecule is Cc1ccc(C2=NN3[C@@H](c4ccc5c(c4)OCO5)Oc4ccc(Cl)cc4[C@@H]3C2)cc1. The average molecular weight is 419 g/mol. The van der Waals surface area contributed by atoms with Crippen LogP contribution in [0.1, 0.15) is 40.9 Å². The molecule has 0 N–H and O–H groups in total. The van der Waals surface area contributed by atoms with Crippen molar-refractivity contribution in [3.05, 3.63) is 87.9 Å². The summed E-state index contributed by atoms with van der Waals surface area (Å²) in [6.07, 6.45) is 0.432. The van der Waals surface area contributed by atoms with Crippen molar-refractivity contribution in [2.75, 3.05) is 6.79 Å². The molecule has 3 aromatic rings. The van der Waals surface area contributed by atoms with Gasteiger partial charge in [-0.1, -0.05) is 41.4 Å². The van der Waals surface area contributed by atoms with Crippen LogP contribution in [0.4, 0.5) is 0 Å². The number of benzene rings is 3. The molecule has 0 aliphatic carbocycles. The molecule has 3 aliphatic rings. The second-order valence-electron chi connectivity index (χ2n) is 7.78. The molecule has 0 fully saturated rings. The van der Waals surface area contributed by atoms with E-state index < -0.39 is 0 Å². The second kappa shape index (κ2) is 6.67. The van der Waals surface area contributed by atoms with Crippen LogP contribution in [-0.4, -0.2) is 17.5 Å². The lowest BCUT2D eigenvalue weighted by Gasteiger charge is -2.38. The Morgan fingerprint density at radius 1 is 0.933 bits per heavy atom. The van der Waals surface area contributed by atoms with Gasteiger partial charge in [-0.3, -0.25) is 0 Å². The Morgan fingerprint density at radius 3 is 2.60 bits per heavy atom. The number of rotatable bonds is 2. The number of nitrogens with zero attached hydrogens (tertiary/aromatic N) is 2. The highest BCUT2D eigenvalue weighted by atomic mass is 35.5. The molecule has 150 valence electrons. The molecule has 0 saturated heterocycles. The van der Waals surface area contributed by atoms with E-state index >= 15 is 0 Å². The Kier molecular flexibility index (Phi) is 3.93. The summed E-state index contributed by atoms with van der Waals surface area (Å²) in [6, 6.07) is 20.2. The van der Waals surface area contributed by atoms with Gasteiger partial charge in [-0.05, 0) is 48.9 Å². The summed E-state index contributed by atoms with van der Waals surface area (Å²) in [6.45, 7) is 2.33. The highest BCUT2D eigenvalue weighted by molar-refractivity contribution is 6.30. The van der Waals surface area contributed by atoms with Gasteiger partial charge < -0.3 is 14.2 Å². The highest BCUT2D eigenvalue weighted by Gasteiger charge is 2.41. The third kappa shape index (κ3) is 2.81. The Balaban J connectivity index is 1.45. The van der Waals surface area contributed by atoms with Crippen molar-refractivity contribution in [3.8, 4) is 17.2 Å². The molecule has 3 aliphatic heterocycles. The summed E-state index contributed by atoms with van der Waals surface area (Å²) in [5, 5.41) is 7.74. The van der Waals surface area contributed by atoms with Gasteiger partial charge in [-0.25, -0.2) is 5.01 Å². The van der Waals surface area contributed by atoms with E-state index in [0.717, 1.165) is 46.1 Å². The number of halogens is 1. The van der Waals surface area contributed by atoms with Crippen LogP contribution >= 0.6 is 11.6 Å². The van der Waals surface area contributed by atoms with Crippen molar-refractivity contribution in [2.24, 2.45) is 5.10 Å². The van der Waals surface area contributed by atoms with E-state index in [2.05, 4.69) is 31.2 Å². The molecule has 6 heteroatoms. The molecular weight excluding hydrogens is 400 g/mol. The van der Waals surface area contributed by atoms with Crippen molar-refractivity contribution in [1.29, 1.82) is 0 Å². The molecule has 5 nitrogen and oxygen atoms in total. The highest BCUT2D eigenvalue weighted by Crippen LogP contribution is 2.49. The van der Waals surface area contributed by atoms with Gasteiger partial charge in [0.2, 0.25) is 13.0 Å². The van der Waals surface area contributed by atoms with Gasteiger partial charge in [-0.15, -0.1) is 0 Å². The fourth-order valence-electron chi connectivity index (χ4n) is 4.27. The van der Waals surface area contributed by atoms with Gasteiger partial charge >= 0.3 is 0 Å². The van der Waals surface area contributed by atoms with Crippen molar-refractivity contribution in [3.63, 3.8) is 0 Å². The van der Waals surface area contributed by atoms with Crippen LogP contribution in [0.25, 0.3) is 0 Å². The predicted octanol–water partition coefficient (Wildman–Crippen LogP) is 5.62. The first-order chi connectivity index (χ1) is 14.7. The number of hydrogen-bond acceptors (Lipinski definition) is 5. The molecule has 0 unspecified atom stereocenters. The summed E-state index contributed by atoms with van der Waals surface area (Å²) < 4.78 is 17.5. The van der Waals surface area contributed by atoms with Crippen LogP contribution in [0, 0.1) is 6.92 Å². The maximum absolute atomic E-state index is 6.41.